The predicted octanol–water partition coefficient (Wildman–Crippen LogP) is 2.36. The molecule has 2 aliphatic heterocycles. The van der Waals surface area contributed by atoms with E-state index in [1.54, 1.807) is 4.90 Å². The number of carbonyl (C=O) groups excluding carboxylic acids is 2. The highest BCUT2D eigenvalue weighted by Crippen LogP contribution is 2.28. The van der Waals surface area contributed by atoms with E-state index in [1.807, 2.05) is 41.9 Å². The lowest BCUT2D eigenvalue weighted by Crippen LogP contribution is -2.45. The van der Waals surface area contributed by atoms with Gasteiger partial charge in [0.25, 0.3) is 0 Å². The highest BCUT2D eigenvalue weighted by Gasteiger charge is 2.33. The summed E-state index contributed by atoms with van der Waals surface area (Å²) < 4.78 is 0. The molecule has 1 aromatic carbocycles. The molecule has 0 saturated carbocycles. The zero-order valence-corrected chi connectivity index (χ0v) is 14.4. The number of hydrogen-bond donors (Lipinski definition) is 0. The maximum Gasteiger partial charge on any atom is 0.242 e. The predicted molar refractivity (Wildman–Crippen MR) is 93.5 cm³/mol. The molecule has 0 spiro atoms. The van der Waals surface area contributed by atoms with Gasteiger partial charge in [-0.2, -0.15) is 11.8 Å². The van der Waals surface area contributed by atoms with Crippen molar-refractivity contribution in [3.63, 3.8) is 0 Å². The van der Waals surface area contributed by atoms with E-state index in [4.69, 9.17) is 0 Å². The number of amides is 2. The Bertz CT molecular complexity index is 557. The van der Waals surface area contributed by atoms with Crippen LogP contribution in [0.1, 0.15) is 30.7 Å². The topological polar surface area (TPSA) is 40.6 Å². The molecule has 4 nitrogen and oxygen atoms in total. The molecule has 0 aromatic heterocycles. The Labute approximate surface area is 142 Å². The molecular formula is C18H24N2O2S. The number of rotatable bonds is 4. The second-order valence-corrected chi connectivity index (χ2v) is 7.66. The van der Waals surface area contributed by atoms with Gasteiger partial charge in [-0.25, -0.2) is 0 Å². The van der Waals surface area contributed by atoms with Crippen LogP contribution in [0.15, 0.2) is 30.3 Å². The Kier molecular flexibility index (Phi) is 5.26. The van der Waals surface area contributed by atoms with Crippen LogP contribution < -0.4 is 0 Å². The molecule has 0 radical (unpaired) electrons. The Morgan fingerprint density at radius 2 is 1.96 bits per heavy atom. The molecule has 2 amide bonds. The highest BCUT2D eigenvalue weighted by molar-refractivity contribution is 7.99. The van der Waals surface area contributed by atoms with Gasteiger partial charge in [0, 0.05) is 32.0 Å². The Morgan fingerprint density at radius 3 is 2.65 bits per heavy atom. The molecule has 1 aromatic rings. The van der Waals surface area contributed by atoms with Gasteiger partial charge in [-0.1, -0.05) is 30.3 Å². The third-order valence-electron chi connectivity index (χ3n) is 4.94. The minimum Gasteiger partial charge on any atom is -0.341 e. The molecular weight excluding hydrogens is 308 g/mol. The third kappa shape index (κ3) is 3.89. The second-order valence-electron chi connectivity index (χ2n) is 6.43. The maximum absolute atomic E-state index is 12.5. The van der Waals surface area contributed by atoms with E-state index in [9.17, 15) is 9.59 Å². The SMILES string of the molecule is CN(C(=O)CN1CC(c2ccccc2)CC1=O)C1CCSCC1. The molecule has 0 aliphatic carbocycles. The molecule has 2 fully saturated rings. The zero-order valence-electron chi connectivity index (χ0n) is 13.6. The molecule has 1 unspecified atom stereocenters. The molecule has 1 atom stereocenters. The van der Waals surface area contributed by atoms with Gasteiger partial charge in [0.2, 0.25) is 11.8 Å². The van der Waals surface area contributed by atoms with Crippen molar-refractivity contribution in [3.05, 3.63) is 35.9 Å². The highest BCUT2D eigenvalue weighted by atomic mass is 32.2. The van der Waals surface area contributed by atoms with Gasteiger partial charge >= 0.3 is 0 Å². The number of nitrogens with zero attached hydrogens (tertiary/aromatic N) is 2. The molecule has 2 heterocycles. The fraction of sp³-hybridized carbons (Fsp3) is 0.556. The Hall–Kier alpha value is -1.49. The van der Waals surface area contributed by atoms with Crippen molar-refractivity contribution in [2.45, 2.75) is 31.2 Å². The summed E-state index contributed by atoms with van der Waals surface area (Å²) in [4.78, 5) is 28.4. The Balaban J connectivity index is 1.57. The molecule has 124 valence electrons. The van der Waals surface area contributed by atoms with E-state index < -0.39 is 0 Å². The minimum absolute atomic E-state index is 0.0731. The minimum atomic E-state index is 0.0731. The molecule has 0 N–H and O–H groups in total. The van der Waals surface area contributed by atoms with E-state index in [-0.39, 0.29) is 24.3 Å². The summed E-state index contributed by atoms with van der Waals surface area (Å²) in [5, 5.41) is 0. The third-order valence-corrected chi connectivity index (χ3v) is 5.99. The lowest BCUT2D eigenvalue weighted by atomic mass is 9.99. The lowest BCUT2D eigenvalue weighted by Gasteiger charge is -2.32. The number of hydrogen-bond acceptors (Lipinski definition) is 3. The average molecular weight is 332 g/mol. The van der Waals surface area contributed by atoms with Crippen molar-refractivity contribution >= 4 is 23.6 Å². The largest absolute Gasteiger partial charge is 0.341 e. The molecule has 2 saturated heterocycles. The second kappa shape index (κ2) is 7.39. The number of carbonyl (C=O) groups is 2. The van der Waals surface area contributed by atoms with E-state index >= 15 is 0 Å². The summed E-state index contributed by atoms with van der Waals surface area (Å²) in [5.41, 5.74) is 1.19. The van der Waals surface area contributed by atoms with Gasteiger partial charge in [-0.15, -0.1) is 0 Å². The maximum atomic E-state index is 12.5. The summed E-state index contributed by atoms with van der Waals surface area (Å²) in [6.07, 6.45) is 2.64. The van der Waals surface area contributed by atoms with Crippen LogP contribution in [0, 0.1) is 0 Å². The van der Waals surface area contributed by atoms with Crippen LogP contribution in [0.2, 0.25) is 0 Å². The first kappa shape index (κ1) is 16.4. The Morgan fingerprint density at radius 1 is 1.26 bits per heavy atom. The van der Waals surface area contributed by atoms with Crippen LogP contribution >= 0.6 is 11.8 Å². The quantitative estimate of drug-likeness (QED) is 0.850. The number of likely N-dealkylation sites (tertiary alicyclic amines) is 1. The summed E-state index contributed by atoms with van der Waals surface area (Å²) in [6.45, 7) is 0.880. The van der Waals surface area contributed by atoms with E-state index in [2.05, 4.69) is 12.1 Å². The normalized spacial score (nSPS) is 22.4. The van der Waals surface area contributed by atoms with Gasteiger partial charge in [-0.05, 0) is 29.9 Å². The first-order valence-electron chi connectivity index (χ1n) is 8.31. The van der Waals surface area contributed by atoms with E-state index in [1.165, 1.54) is 5.56 Å². The first-order chi connectivity index (χ1) is 11.1. The van der Waals surface area contributed by atoms with Crippen molar-refractivity contribution in [3.8, 4) is 0 Å². The standard InChI is InChI=1S/C18H24N2O2S/c1-19(16-7-9-23-10-8-16)18(22)13-20-12-15(11-17(20)21)14-5-3-2-4-6-14/h2-6,15-16H,7-13H2,1H3. The summed E-state index contributed by atoms with van der Waals surface area (Å²) in [5.74, 6) is 2.64. The fourth-order valence-electron chi connectivity index (χ4n) is 3.42. The van der Waals surface area contributed by atoms with Crippen LogP contribution in [-0.4, -0.2) is 59.3 Å². The molecule has 3 rings (SSSR count). The van der Waals surface area contributed by atoms with Crippen LogP contribution in [0.4, 0.5) is 0 Å². The molecule has 0 bridgehead atoms. The van der Waals surface area contributed by atoms with Gasteiger partial charge in [0.1, 0.15) is 0 Å². The van der Waals surface area contributed by atoms with Crippen LogP contribution in [0.5, 0.6) is 0 Å². The van der Waals surface area contributed by atoms with E-state index in [0.717, 1.165) is 24.3 Å². The van der Waals surface area contributed by atoms with Gasteiger partial charge in [-0.3, -0.25) is 9.59 Å². The summed E-state index contributed by atoms with van der Waals surface area (Å²) in [7, 11) is 1.89. The van der Waals surface area contributed by atoms with Gasteiger partial charge in [0.15, 0.2) is 0 Å². The number of benzene rings is 1. The van der Waals surface area contributed by atoms with Crippen LogP contribution in [0.25, 0.3) is 0 Å². The van der Waals surface area contributed by atoms with Crippen molar-refractivity contribution in [2.75, 3.05) is 31.6 Å². The van der Waals surface area contributed by atoms with Crippen molar-refractivity contribution in [1.29, 1.82) is 0 Å². The smallest absolute Gasteiger partial charge is 0.242 e. The molecule has 2 aliphatic rings. The van der Waals surface area contributed by atoms with Crippen molar-refractivity contribution in [1.82, 2.24) is 9.80 Å². The number of likely N-dealkylation sites (N-methyl/N-ethyl adjacent to an activating group) is 1. The van der Waals surface area contributed by atoms with Gasteiger partial charge in [0.05, 0.1) is 6.54 Å². The average Bonchev–Trinajstić information content (AvgIpc) is 2.96. The van der Waals surface area contributed by atoms with Crippen molar-refractivity contribution in [2.24, 2.45) is 0 Å². The van der Waals surface area contributed by atoms with Crippen LogP contribution in [-0.2, 0) is 9.59 Å². The van der Waals surface area contributed by atoms with Crippen LogP contribution in [0.3, 0.4) is 0 Å². The summed E-state index contributed by atoms with van der Waals surface area (Å²) >= 11 is 1.96. The van der Waals surface area contributed by atoms with Gasteiger partial charge < -0.3 is 9.80 Å². The fourth-order valence-corrected chi connectivity index (χ4v) is 4.51. The number of thioether (sulfide) groups is 1. The van der Waals surface area contributed by atoms with E-state index in [0.29, 0.717) is 19.0 Å². The zero-order chi connectivity index (χ0) is 16.2. The lowest BCUT2D eigenvalue weighted by molar-refractivity contribution is -0.138. The first-order valence-corrected chi connectivity index (χ1v) is 9.46. The monoisotopic (exact) mass is 332 g/mol. The summed E-state index contributed by atoms with van der Waals surface area (Å²) in [6, 6.07) is 10.5. The molecule has 23 heavy (non-hydrogen) atoms. The molecule has 5 heteroatoms. The van der Waals surface area contributed by atoms with Crippen molar-refractivity contribution < 1.29 is 9.59 Å².